The molecule has 0 saturated carbocycles. The van der Waals surface area contributed by atoms with Crippen LogP contribution in [0.5, 0.6) is 0 Å². The summed E-state index contributed by atoms with van der Waals surface area (Å²) in [4.78, 5) is 12.9. The fraction of sp³-hybridized carbons (Fsp3) is 0.154. The Bertz CT molecular complexity index is 554. The quantitative estimate of drug-likeness (QED) is 0.908. The number of carbonyl (C=O) groups excluding carboxylic acids is 1. The maximum atomic E-state index is 12.0. The van der Waals surface area contributed by atoms with Gasteiger partial charge in [0.15, 0.2) is 0 Å². The minimum Gasteiger partial charge on any atom is -0.323 e. The summed E-state index contributed by atoms with van der Waals surface area (Å²) in [7, 11) is 0. The number of anilines is 1. The van der Waals surface area contributed by atoms with E-state index < -0.39 is 6.04 Å². The Hall–Kier alpha value is -1.17. The normalized spacial score (nSPS) is 12.2. The molecule has 1 atom stereocenters. The second kappa shape index (κ2) is 5.65. The van der Waals surface area contributed by atoms with E-state index >= 15 is 0 Å². The number of nitrogens with one attached hydrogen (secondary N) is 1. The number of amides is 1. The first-order valence-corrected chi connectivity index (χ1v) is 7.11. The molecule has 0 aliphatic heterocycles. The SMILES string of the molecule is Cc1ccc(NC(=O)C(N)c2cccs2)c(Br)c1. The van der Waals surface area contributed by atoms with Crippen LogP contribution in [0.3, 0.4) is 0 Å². The Morgan fingerprint density at radius 3 is 2.83 bits per heavy atom. The predicted molar refractivity (Wildman–Crippen MR) is 78.8 cm³/mol. The Balaban J connectivity index is 2.12. The van der Waals surface area contributed by atoms with Gasteiger partial charge in [-0.1, -0.05) is 12.1 Å². The topological polar surface area (TPSA) is 55.1 Å². The van der Waals surface area contributed by atoms with Gasteiger partial charge in [-0.2, -0.15) is 0 Å². The lowest BCUT2D eigenvalue weighted by Gasteiger charge is -2.12. The first kappa shape index (κ1) is 13.3. The second-order valence-corrected chi connectivity index (χ2v) is 5.80. The molecule has 0 bridgehead atoms. The van der Waals surface area contributed by atoms with Crippen LogP contribution in [0.1, 0.15) is 16.5 Å². The monoisotopic (exact) mass is 324 g/mol. The Morgan fingerprint density at radius 2 is 2.22 bits per heavy atom. The van der Waals surface area contributed by atoms with Crippen molar-refractivity contribution in [1.82, 2.24) is 0 Å². The van der Waals surface area contributed by atoms with Crippen molar-refractivity contribution in [1.29, 1.82) is 0 Å². The Morgan fingerprint density at radius 1 is 1.44 bits per heavy atom. The molecular weight excluding hydrogens is 312 g/mol. The number of thiophene rings is 1. The fourth-order valence-corrected chi connectivity index (χ4v) is 2.85. The van der Waals surface area contributed by atoms with E-state index in [0.29, 0.717) is 0 Å². The van der Waals surface area contributed by atoms with E-state index in [2.05, 4.69) is 21.2 Å². The fourth-order valence-electron chi connectivity index (χ4n) is 1.53. The summed E-state index contributed by atoms with van der Waals surface area (Å²) in [6, 6.07) is 8.87. The van der Waals surface area contributed by atoms with Crippen LogP contribution in [0, 0.1) is 6.92 Å². The largest absolute Gasteiger partial charge is 0.323 e. The van der Waals surface area contributed by atoms with Gasteiger partial charge in [0.25, 0.3) is 0 Å². The van der Waals surface area contributed by atoms with E-state index in [9.17, 15) is 4.79 Å². The van der Waals surface area contributed by atoms with Gasteiger partial charge in [0.2, 0.25) is 5.91 Å². The van der Waals surface area contributed by atoms with Crippen molar-refractivity contribution in [3.8, 4) is 0 Å². The second-order valence-electron chi connectivity index (χ2n) is 3.97. The molecule has 2 rings (SSSR count). The molecule has 3 N–H and O–H groups in total. The molecule has 0 spiro atoms. The molecule has 0 fully saturated rings. The van der Waals surface area contributed by atoms with Crippen LogP contribution < -0.4 is 11.1 Å². The molecule has 1 aromatic heterocycles. The van der Waals surface area contributed by atoms with E-state index in [1.54, 1.807) is 0 Å². The molecule has 0 aliphatic rings. The number of halogens is 1. The van der Waals surface area contributed by atoms with Crippen LogP contribution in [0.15, 0.2) is 40.2 Å². The van der Waals surface area contributed by atoms with Gasteiger partial charge in [0, 0.05) is 9.35 Å². The van der Waals surface area contributed by atoms with Gasteiger partial charge in [-0.05, 0) is 52.0 Å². The molecule has 0 saturated heterocycles. The van der Waals surface area contributed by atoms with E-state index in [1.165, 1.54) is 11.3 Å². The van der Waals surface area contributed by atoms with Gasteiger partial charge >= 0.3 is 0 Å². The average molecular weight is 325 g/mol. The van der Waals surface area contributed by atoms with Gasteiger partial charge in [0.1, 0.15) is 6.04 Å². The average Bonchev–Trinajstić information content (AvgIpc) is 2.85. The van der Waals surface area contributed by atoms with Crippen molar-refractivity contribution in [2.45, 2.75) is 13.0 Å². The zero-order valence-electron chi connectivity index (χ0n) is 9.81. The van der Waals surface area contributed by atoms with Gasteiger partial charge < -0.3 is 11.1 Å². The summed E-state index contributed by atoms with van der Waals surface area (Å²) < 4.78 is 0.856. The third-order valence-electron chi connectivity index (χ3n) is 2.51. The van der Waals surface area contributed by atoms with Crippen LogP contribution >= 0.6 is 27.3 Å². The number of hydrogen-bond donors (Lipinski definition) is 2. The molecular formula is C13H13BrN2OS. The zero-order valence-corrected chi connectivity index (χ0v) is 12.2. The first-order chi connectivity index (χ1) is 8.58. The molecule has 1 heterocycles. The molecule has 1 amide bonds. The van der Waals surface area contributed by atoms with E-state index in [1.807, 2.05) is 42.6 Å². The summed E-state index contributed by atoms with van der Waals surface area (Å²) in [6.07, 6.45) is 0. The lowest BCUT2D eigenvalue weighted by molar-refractivity contribution is -0.117. The number of rotatable bonds is 3. The maximum absolute atomic E-state index is 12.0. The van der Waals surface area contributed by atoms with Crippen molar-refractivity contribution in [3.05, 3.63) is 50.6 Å². The molecule has 1 aromatic carbocycles. The Kier molecular flexibility index (Phi) is 4.16. The third kappa shape index (κ3) is 2.98. The number of carbonyl (C=O) groups is 1. The van der Waals surface area contributed by atoms with Gasteiger partial charge in [0.05, 0.1) is 5.69 Å². The molecule has 18 heavy (non-hydrogen) atoms. The van der Waals surface area contributed by atoms with E-state index in [-0.39, 0.29) is 5.91 Å². The summed E-state index contributed by atoms with van der Waals surface area (Å²) in [5, 5.41) is 4.73. The highest BCUT2D eigenvalue weighted by molar-refractivity contribution is 9.10. The van der Waals surface area contributed by atoms with Crippen molar-refractivity contribution < 1.29 is 4.79 Å². The Labute approximate surface area is 118 Å². The highest BCUT2D eigenvalue weighted by Gasteiger charge is 2.17. The number of benzene rings is 1. The minimum atomic E-state index is -0.627. The lowest BCUT2D eigenvalue weighted by atomic mass is 10.2. The molecule has 1 unspecified atom stereocenters. The van der Waals surface area contributed by atoms with E-state index in [0.717, 1.165) is 20.6 Å². The highest BCUT2D eigenvalue weighted by Crippen LogP contribution is 2.25. The molecule has 5 heteroatoms. The summed E-state index contributed by atoms with van der Waals surface area (Å²) in [5.74, 6) is -0.206. The van der Waals surface area contributed by atoms with Gasteiger partial charge in [-0.3, -0.25) is 4.79 Å². The maximum Gasteiger partial charge on any atom is 0.246 e. The minimum absolute atomic E-state index is 0.206. The predicted octanol–water partition coefficient (Wildman–Crippen LogP) is 3.46. The van der Waals surface area contributed by atoms with Crippen LogP contribution in [0.4, 0.5) is 5.69 Å². The number of hydrogen-bond acceptors (Lipinski definition) is 3. The lowest BCUT2D eigenvalue weighted by Crippen LogP contribution is -2.27. The molecule has 0 aliphatic carbocycles. The van der Waals surface area contributed by atoms with Crippen LogP contribution in [0.25, 0.3) is 0 Å². The third-order valence-corrected chi connectivity index (χ3v) is 4.13. The summed E-state index contributed by atoms with van der Waals surface area (Å²) >= 11 is 4.90. The van der Waals surface area contributed by atoms with Gasteiger partial charge in [-0.15, -0.1) is 11.3 Å². The van der Waals surface area contributed by atoms with Gasteiger partial charge in [-0.25, -0.2) is 0 Å². The van der Waals surface area contributed by atoms with Crippen molar-refractivity contribution in [2.75, 3.05) is 5.32 Å². The summed E-state index contributed by atoms with van der Waals surface area (Å²) in [5.41, 5.74) is 7.75. The van der Waals surface area contributed by atoms with Crippen molar-refractivity contribution in [3.63, 3.8) is 0 Å². The number of aryl methyl sites for hydroxylation is 1. The van der Waals surface area contributed by atoms with Crippen molar-refractivity contribution >= 4 is 38.9 Å². The zero-order chi connectivity index (χ0) is 13.1. The molecule has 2 aromatic rings. The smallest absolute Gasteiger partial charge is 0.246 e. The molecule has 94 valence electrons. The molecule has 0 radical (unpaired) electrons. The van der Waals surface area contributed by atoms with Crippen LogP contribution in [0.2, 0.25) is 0 Å². The van der Waals surface area contributed by atoms with Crippen LogP contribution in [-0.4, -0.2) is 5.91 Å². The summed E-state index contributed by atoms with van der Waals surface area (Å²) in [6.45, 7) is 1.99. The van der Waals surface area contributed by atoms with Crippen LogP contribution in [-0.2, 0) is 4.79 Å². The highest BCUT2D eigenvalue weighted by atomic mass is 79.9. The number of nitrogens with two attached hydrogens (primary N) is 1. The van der Waals surface area contributed by atoms with Crippen molar-refractivity contribution in [2.24, 2.45) is 5.73 Å². The standard InChI is InChI=1S/C13H13BrN2OS/c1-8-4-5-10(9(14)7-8)16-13(17)12(15)11-3-2-6-18-11/h2-7,12H,15H2,1H3,(H,16,17). The van der Waals surface area contributed by atoms with E-state index in [4.69, 9.17) is 5.73 Å². The molecule has 3 nitrogen and oxygen atoms in total. The first-order valence-electron chi connectivity index (χ1n) is 5.44.